The summed E-state index contributed by atoms with van der Waals surface area (Å²) in [6, 6.07) is 7.21. The fourth-order valence-electron chi connectivity index (χ4n) is 4.09. The predicted molar refractivity (Wildman–Crippen MR) is 118 cm³/mol. The third-order valence-corrected chi connectivity index (χ3v) is 5.77. The second-order valence-electron chi connectivity index (χ2n) is 8.05. The Bertz CT molecular complexity index is 581. The van der Waals surface area contributed by atoms with Gasteiger partial charge in [-0.05, 0) is 61.1 Å². The molecule has 0 aromatic heterocycles. The van der Waals surface area contributed by atoms with Gasteiger partial charge in [0.25, 0.3) is 0 Å². The molecule has 1 aliphatic carbocycles. The Morgan fingerprint density at radius 3 is 2.74 bits per heavy atom. The van der Waals surface area contributed by atoms with Gasteiger partial charge in [-0.2, -0.15) is 0 Å². The van der Waals surface area contributed by atoms with Gasteiger partial charge in [0.1, 0.15) is 0 Å². The minimum atomic E-state index is 0.367. The summed E-state index contributed by atoms with van der Waals surface area (Å²) >= 11 is 0. The normalized spacial score (nSPS) is 20.0. The summed E-state index contributed by atoms with van der Waals surface area (Å²) in [4.78, 5) is 0. The molecule has 0 amide bonds. The summed E-state index contributed by atoms with van der Waals surface area (Å²) in [5.74, 6) is 0.632. The van der Waals surface area contributed by atoms with Crippen molar-refractivity contribution >= 4 is 6.08 Å². The zero-order chi connectivity index (χ0) is 19.5. The summed E-state index contributed by atoms with van der Waals surface area (Å²) in [5.41, 5.74) is 13.9. The average molecular weight is 370 g/mol. The van der Waals surface area contributed by atoms with Crippen LogP contribution in [0.5, 0.6) is 0 Å². The molecule has 150 valence electrons. The molecular weight excluding hydrogens is 330 g/mol. The molecule has 0 aliphatic heterocycles. The van der Waals surface area contributed by atoms with Crippen molar-refractivity contribution in [1.29, 1.82) is 0 Å². The first-order chi connectivity index (χ1) is 13.1. The molecule has 0 saturated heterocycles. The van der Waals surface area contributed by atoms with Crippen molar-refractivity contribution in [3.8, 4) is 0 Å². The van der Waals surface area contributed by atoms with E-state index in [0.717, 1.165) is 25.9 Å². The van der Waals surface area contributed by atoms with Gasteiger partial charge in [-0.15, -0.1) is 6.58 Å². The number of unbranched alkanes of at least 4 members (excludes halogenated alkanes) is 3. The molecule has 3 nitrogen and oxygen atoms in total. The molecule has 0 bridgehead atoms. The number of hydrogen-bond donors (Lipinski definition) is 2. The molecule has 3 heteroatoms. The van der Waals surface area contributed by atoms with E-state index >= 15 is 0 Å². The molecule has 0 heterocycles. The fraction of sp³-hybridized carbons (Fsp3) is 0.583. The van der Waals surface area contributed by atoms with Crippen molar-refractivity contribution in [3.05, 3.63) is 54.1 Å². The molecular formula is C24H39N3. The van der Waals surface area contributed by atoms with Crippen LogP contribution < -0.4 is 11.2 Å². The lowest BCUT2D eigenvalue weighted by atomic mass is 9.81. The van der Waals surface area contributed by atoms with Crippen LogP contribution in [0.1, 0.15) is 68.1 Å². The first kappa shape index (κ1) is 21.9. The highest BCUT2D eigenvalue weighted by atomic mass is 15.5. The summed E-state index contributed by atoms with van der Waals surface area (Å²) < 4.78 is 0. The van der Waals surface area contributed by atoms with E-state index in [1.165, 1.54) is 61.6 Å². The Labute approximate surface area is 166 Å². The molecule has 3 N–H and O–H groups in total. The van der Waals surface area contributed by atoms with Crippen LogP contribution in [0.2, 0.25) is 0 Å². The van der Waals surface area contributed by atoms with E-state index < -0.39 is 0 Å². The topological polar surface area (TPSA) is 41.3 Å². The Kier molecular flexibility index (Phi) is 9.82. The van der Waals surface area contributed by atoms with Gasteiger partial charge in [-0.1, -0.05) is 56.2 Å². The van der Waals surface area contributed by atoms with Gasteiger partial charge in [0, 0.05) is 26.2 Å². The largest absolute Gasteiger partial charge is 0.327 e. The summed E-state index contributed by atoms with van der Waals surface area (Å²) in [5, 5.41) is 2.20. The highest BCUT2D eigenvalue weighted by molar-refractivity contribution is 5.53. The van der Waals surface area contributed by atoms with Gasteiger partial charge in [-0.25, -0.2) is 5.01 Å². The SMILES string of the molecule is C=CCCCCCNN(C)Cc1cc(CC2CCCCC2N)ccc1C=C. The molecule has 0 radical (unpaired) electrons. The number of nitrogens with zero attached hydrogens (tertiary/aromatic N) is 1. The lowest BCUT2D eigenvalue weighted by Crippen LogP contribution is -2.35. The van der Waals surface area contributed by atoms with Crippen LogP contribution in [0.4, 0.5) is 0 Å². The van der Waals surface area contributed by atoms with Crippen molar-refractivity contribution < 1.29 is 0 Å². The van der Waals surface area contributed by atoms with Crippen molar-refractivity contribution in [3.63, 3.8) is 0 Å². The standard InChI is InChI=1S/C24H39N3/c1-4-6-7-8-11-16-26-27(3)19-23-18-20(14-15-21(23)5-2)17-22-12-9-10-13-24(22)25/h4-5,14-15,18,22,24,26H,1-2,6-13,16-17,19,25H2,3H3. The zero-order valence-electron chi connectivity index (χ0n) is 17.3. The van der Waals surface area contributed by atoms with Crippen LogP contribution in [0.15, 0.2) is 37.4 Å². The van der Waals surface area contributed by atoms with E-state index in [1.807, 2.05) is 12.2 Å². The number of nitrogens with two attached hydrogens (primary N) is 1. The van der Waals surface area contributed by atoms with E-state index in [1.54, 1.807) is 0 Å². The molecule has 1 fully saturated rings. The Morgan fingerprint density at radius 2 is 2.00 bits per heavy atom. The first-order valence-corrected chi connectivity index (χ1v) is 10.7. The van der Waals surface area contributed by atoms with E-state index in [2.05, 4.69) is 48.8 Å². The highest BCUT2D eigenvalue weighted by Gasteiger charge is 2.22. The Morgan fingerprint density at radius 1 is 1.19 bits per heavy atom. The van der Waals surface area contributed by atoms with Crippen molar-refractivity contribution in [2.45, 2.75) is 70.4 Å². The maximum atomic E-state index is 6.36. The second-order valence-corrected chi connectivity index (χ2v) is 8.05. The summed E-state index contributed by atoms with van der Waals surface area (Å²) in [7, 11) is 2.13. The maximum Gasteiger partial charge on any atom is 0.0384 e. The van der Waals surface area contributed by atoms with Gasteiger partial charge in [0.2, 0.25) is 0 Å². The van der Waals surface area contributed by atoms with E-state index in [0.29, 0.717) is 12.0 Å². The molecule has 2 rings (SSSR count). The molecule has 27 heavy (non-hydrogen) atoms. The number of hydrazine groups is 1. The van der Waals surface area contributed by atoms with Gasteiger partial charge in [0.15, 0.2) is 0 Å². The number of hydrogen-bond acceptors (Lipinski definition) is 3. The van der Waals surface area contributed by atoms with Gasteiger partial charge in [0.05, 0.1) is 0 Å². The number of rotatable bonds is 12. The Hall–Kier alpha value is -1.42. The van der Waals surface area contributed by atoms with E-state index in [4.69, 9.17) is 5.73 Å². The van der Waals surface area contributed by atoms with Crippen LogP contribution >= 0.6 is 0 Å². The fourth-order valence-corrected chi connectivity index (χ4v) is 4.09. The molecule has 2 atom stereocenters. The minimum Gasteiger partial charge on any atom is -0.327 e. The summed E-state index contributed by atoms with van der Waals surface area (Å²) in [6.07, 6.45) is 15.0. The van der Waals surface area contributed by atoms with Crippen molar-refractivity contribution in [2.24, 2.45) is 11.7 Å². The quantitative estimate of drug-likeness (QED) is 0.307. The molecule has 2 unspecified atom stereocenters. The summed E-state index contributed by atoms with van der Waals surface area (Å²) in [6.45, 7) is 9.68. The van der Waals surface area contributed by atoms with Gasteiger partial charge < -0.3 is 5.73 Å². The lowest BCUT2D eigenvalue weighted by molar-refractivity contribution is 0.224. The second kappa shape index (κ2) is 12.1. The van der Waals surface area contributed by atoms with Gasteiger partial charge >= 0.3 is 0 Å². The van der Waals surface area contributed by atoms with Crippen LogP contribution in [0, 0.1) is 5.92 Å². The van der Waals surface area contributed by atoms with Crippen LogP contribution in [-0.4, -0.2) is 24.6 Å². The molecule has 0 spiro atoms. The van der Waals surface area contributed by atoms with Crippen LogP contribution in [0.25, 0.3) is 6.08 Å². The van der Waals surface area contributed by atoms with Crippen molar-refractivity contribution in [1.82, 2.24) is 10.4 Å². The predicted octanol–water partition coefficient (Wildman–Crippen LogP) is 5.07. The Balaban J connectivity index is 1.88. The first-order valence-electron chi connectivity index (χ1n) is 10.7. The third kappa shape index (κ3) is 7.61. The average Bonchev–Trinajstić information content (AvgIpc) is 2.67. The monoisotopic (exact) mass is 369 g/mol. The number of allylic oxidation sites excluding steroid dienone is 1. The van der Waals surface area contributed by atoms with E-state index in [-0.39, 0.29) is 0 Å². The van der Waals surface area contributed by atoms with Crippen molar-refractivity contribution in [2.75, 3.05) is 13.6 Å². The maximum absolute atomic E-state index is 6.36. The third-order valence-electron chi connectivity index (χ3n) is 5.77. The minimum absolute atomic E-state index is 0.367. The smallest absolute Gasteiger partial charge is 0.0384 e. The van der Waals surface area contributed by atoms with Crippen LogP contribution in [-0.2, 0) is 13.0 Å². The molecule has 1 aromatic rings. The van der Waals surface area contributed by atoms with Gasteiger partial charge in [-0.3, -0.25) is 5.43 Å². The molecule has 1 aromatic carbocycles. The highest BCUT2D eigenvalue weighted by Crippen LogP contribution is 2.27. The van der Waals surface area contributed by atoms with Crippen LogP contribution in [0.3, 0.4) is 0 Å². The molecule has 1 saturated carbocycles. The molecule has 1 aliphatic rings. The lowest BCUT2D eigenvalue weighted by Gasteiger charge is -2.29. The number of benzene rings is 1. The van der Waals surface area contributed by atoms with E-state index in [9.17, 15) is 0 Å². The number of nitrogens with one attached hydrogen (secondary N) is 1. The zero-order valence-corrected chi connectivity index (χ0v) is 17.3.